The van der Waals surface area contributed by atoms with Gasteiger partial charge in [0, 0.05) is 37.9 Å². The first-order valence-electron chi connectivity index (χ1n) is 10.2. The van der Waals surface area contributed by atoms with E-state index in [0.717, 1.165) is 62.9 Å². The first-order chi connectivity index (χ1) is 13.0. The number of halogens is 1. The molecule has 0 N–H and O–H groups in total. The average Bonchev–Trinajstić information content (AvgIpc) is 3.01. The monoisotopic (exact) mass is 372 g/mol. The molecular formula is C22H33FN4. The molecule has 2 aromatic rings. The molecule has 1 aliphatic heterocycles. The Morgan fingerprint density at radius 3 is 2.70 bits per heavy atom. The van der Waals surface area contributed by atoms with Crippen molar-refractivity contribution < 1.29 is 4.39 Å². The van der Waals surface area contributed by atoms with Gasteiger partial charge in [-0.3, -0.25) is 4.68 Å². The van der Waals surface area contributed by atoms with E-state index < -0.39 is 0 Å². The molecule has 148 valence electrons. The van der Waals surface area contributed by atoms with Gasteiger partial charge in [0.1, 0.15) is 5.82 Å². The first-order valence-corrected chi connectivity index (χ1v) is 10.2. The van der Waals surface area contributed by atoms with Crippen LogP contribution in [0.3, 0.4) is 0 Å². The molecule has 0 saturated carbocycles. The van der Waals surface area contributed by atoms with E-state index in [9.17, 15) is 4.39 Å². The van der Waals surface area contributed by atoms with Crippen molar-refractivity contribution in [3.63, 3.8) is 0 Å². The summed E-state index contributed by atoms with van der Waals surface area (Å²) in [6.07, 6.45) is 5.62. The van der Waals surface area contributed by atoms with Gasteiger partial charge >= 0.3 is 0 Å². The minimum absolute atomic E-state index is 0.131. The van der Waals surface area contributed by atoms with Crippen LogP contribution in [0.25, 0.3) is 0 Å². The Kier molecular flexibility index (Phi) is 7.02. The maximum Gasteiger partial charge on any atom is 0.123 e. The number of rotatable bonds is 8. The highest BCUT2D eigenvalue weighted by molar-refractivity contribution is 5.16. The summed E-state index contributed by atoms with van der Waals surface area (Å²) in [6.45, 7) is 10.6. The Morgan fingerprint density at radius 1 is 1.26 bits per heavy atom. The summed E-state index contributed by atoms with van der Waals surface area (Å²) in [5.74, 6) is 0.635. The molecule has 0 unspecified atom stereocenters. The van der Waals surface area contributed by atoms with E-state index in [1.807, 2.05) is 10.7 Å². The fourth-order valence-electron chi connectivity index (χ4n) is 4.04. The number of likely N-dealkylation sites (tertiary alicyclic amines) is 1. The van der Waals surface area contributed by atoms with Gasteiger partial charge in [-0.25, -0.2) is 4.39 Å². The standard InChI is InChI=1S/C22H33FN4/c1-4-27-17-21(18(2)24-27)16-25(3)15-20-9-12-26(13-10-20)11-8-19-6-5-7-22(23)14-19/h5-7,14,17,20H,4,8-13,15-16H2,1-3H3. The van der Waals surface area contributed by atoms with Crippen molar-refractivity contribution in [1.29, 1.82) is 0 Å². The molecule has 2 heterocycles. The third-order valence-corrected chi connectivity index (χ3v) is 5.70. The molecule has 0 radical (unpaired) electrons. The Morgan fingerprint density at radius 2 is 2.04 bits per heavy atom. The van der Waals surface area contributed by atoms with E-state index in [1.54, 1.807) is 12.1 Å². The van der Waals surface area contributed by atoms with Gasteiger partial charge in [-0.05, 0) is 76.9 Å². The smallest absolute Gasteiger partial charge is 0.123 e. The van der Waals surface area contributed by atoms with Crippen molar-refractivity contribution in [1.82, 2.24) is 19.6 Å². The van der Waals surface area contributed by atoms with Crippen LogP contribution in [-0.2, 0) is 19.5 Å². The molecule has 1 aromatic carbocycles. The zero-order valence-corrected chi connectivity index (χ0v) is 17.0. The number of hydrogen-bond acceptors (Lipinski definition) is 3. The average molecular weight is 373 g/mol. The summed E-state index contributed by atoms with van der Waals surface area (Å²) < 4.78 is 15.3. The summed E-state index contributed by atoms with van der Waals surface area (Å²) in [5, 5.41) is 4.55. The van der Waals surface area contributed by atoms with Crippen LogP contribution in [0.4, 0.5) is 4.39 Å². The molecule has 4 nitrogen and oxygen atoms in total. The maximum atomic E-state index is 13.3. The molecule has 1 saturated heterocycles. The number of benzene rings is 1. The summed E-state index contributed by atoms with van der Waals surface area (Å²) in [4.78, 5) is 4.97. The highest BCUT2D eigenvalue weighted by Gasteiger charge is 2.20. The highest BCUT2D eigenvalue weighted by atomic mass is 19.1. The highest BCUT2D eigenvalue weighted by Crippen LogP contribution is 2.20. The van der Waals surface area contributed by atoms with Crippen molar-refractivity contribution in [2.24, 2.45) is 5.92 Å². The van der Waals surface area contributed by atoms with Crippen LogP contribution in [0.1, 0.15) is 36.6 Å². The second-order valence-corrected chi connectivity index (χ2v) is 7.96. The molecule has 5 heteroatoms. The number of aromatic nitrogens is 2. The van der Waals surface area contributed by atoms with Gasteiger partial charge in [-0.1, -0.05) is 12.1 Å². The fourth-order valence-corrected chi connectivity index (χ4v) is 4.04. The normalized spacial score (nSPS) is 16.3. The van der Waals surface area contributed by atoms with E-state index in [2.05, 4.69) is 42.0 Å². The van der Waals surface area contributed by atoms with Crippen LogP contribution in [0, 0.1) is 18.7 Å². The van der Waals surface area contributed by atoms with E-state index in [4.69, 9.17) is 0 Å². The molecule has 0 atom stereocenters. The maximum absolute atomic E-state index is 13.3. The van der Waals surface area contributed by atoms with Crippen molar-refractivity contribution in [3.8, 4) is 0 Å². The van der Waals surface area contributed by atoms with Crippen LogP contribution in [0.15, 0.2) is 30.5 Å². The van der Waals surface area contributed by atoms with Gasteiger partial charge in [-0.15, -0.1) is 0 Å². The molecular weight excluding hydrogens is 339 g/mol. The lowest BCUT2D eigenvalue weighted by atomic mass is 9.96. The minimum atomic E-state index is -0.131. The minimum Gasteiger partial charge on any atom is -0.303 e. The lowest BCUT2D eigenvalue weighted by molar-refractivity contribution is 0.153. The first kappa shape index (κ1) is 20.0. The molecule has 0 spiro atoms. The van der Waals surface area contributed by atoms with Crippen molar-refractivity contribution in [3.05, 3.63) is 53.1 Å². The third kappa shape index (κ3) is 5.88. The van der Waals surface area contributed by atoms with Crippen molar-refractivity contribution in [2.75, 3.05) is 33.2 Å². The Balaban J connectivity index is 1.39. The molecule has 3 rings (SSSR count). The summed E-state index contributed by atoms with van der Waals surface area (Å²) in [6, 6.07) is 7.00. The van der Waals surface area contributed by atoms with Gasteiger partial charge in [-0.2, -0.15) is 5.10 Å². The quantitative estimate of drug-likeness (QED) is 0.706. The molecule has 0 bridgehead atoms. The van der Waals surface area contributed by atoms with Gasteiger partial charge in [0.2, 0.25) is 0 Å². The summed E-state index contributed by atoms with van der Waals surface area (Å²) >= 11 is 0. The fraction of sp³-hybridized carbons (Fsp3) is 0.591. The second kappa shape index (κ2) is 9.47. The predicted molar refractivity (Wildman–Crippen MR) is 108 cm³/mol. The van der Waals surface area contributed by atoms with E-state index in [-0.39, 0.29) is 5.82 Å². The lowest BCUT2D eigenvalue weighted by Crippen LogP contribution is -2.38. The Hall–Kier alpha value is -1.72. The Labute approximate surface area is 163 Å². The van der Waals surface area contributed by atoms with Crippen LogP contribution in [0.2, 0.25) is 0 Å². The second-order valence-electron chi connectivity index (χ2n) is 7.96. The van der Waals surface area contributed by atoms with Gasteiger partial charge in [0.25, 0.3) is 0 Å². The van der Waals surface area contributed by atoms with Crippen LogP contribution < -0.4 is 0 Å². The lowest BCUT2D eigenvalue weighted by Gasteiger charge is -2.34. The largest absolute Gasteiger partial charge is 0.303 e. The summed E-state index contributed by atoms with van der Waals surface area (Å²) in [7, 11) is 2.22. The van der Waals surface area contributed by atoms with Crippen LogP contribution in [0.5, 0.6) is 0 Å². The molecule has 0 aliphatic carbocycles. The van der Waals surface area contributed by atoms with Gasteiger partial charge < -0.3 is 9.80 Å². The van der Waals surface area contributed by atoms with E-state index in [1.165, 1.54) is 24.5 Å². The SMILES string of the molecule is CCn1cc(CN(C)CC2CCN(CCc3cccc(F)c3)CC2)c(C)n1. The van der Waals surface area contributed by atoms with E-state index in [0.29, 0.717) is 0 Å². The van der Waals surface area contributed by atoms with E-state index >= 15 is 0 Å². The number of aryl methyl sites for hydroxylation is 2. The Bertz CT molecular complexity index is 719. The van der Waals surface area contributed by atoms with Crippen LogP contribution >= 0.6 is 0 Å². The van der Waals surface area contributed by atoms with Gasteiger partial charge in [0.05, 0.1) is 5.69 Å². The zero-order chi connectivity index (χ0) is 19.2. The van der Waals surface area contributed by atoms with Crippen molar-refractivity contribution in [2.45, 2.75) is 46.2 Å². The van der Waals surface area contributed by atoms with Gasteiger partial charge in [0.15, 0.2) is 0 Å². The molecule has 27 heavy (non-hydrogen) atoms. The van der Waals surface area contributed by atoms with Crippen LogP contribution in [-0.4, -0.2) is 52.8 Å². The molecule has 1 aliphatic rings. The molecule has 1 aromatic heterocycles. The number of nitrogens with zero attached hydrogens (tertiary/aromatic N) is 4. The van der Waals surface area contributed by atoms with Crippen molar-refractivity contribution >= 4 is 0 Å². The number of piperidine rings is 1. The topological polar surface area (TPSA) is 24.3 Å². The molecule has 1 fully saturated rings. The predicted octanol–water partition coefficient (Wildman–Crippen LogP) is 3.74. The summed E-state index contributed by atoms with van der Waals surface area (Å²) in [5.41, 5.74) is 3.59. The third-order valence-electron chi connectivity index (χ3n) is 5.70. The zero-order valence-electron chi connectivity index (χ0n) is 17.0. The number of hydrogen-bond donors (Lipinski definition) is 0. The molecule has 0 amide bonds.